The van der Waals surface area contributed by atoms with Gasteiger partial charge in [-0.25, -0.2) is 9.97 Å². The molecule has 2 aromatic heterocycles. The Kier molecular flexibility index (Phi) is 5.43. The van der Waals surface area contributed by atoms with Gasteiger partial charge >= 0.3 is 0 Å². The predicted molar refractivity (Wildman–Crippen MR) is 77.2 cm³/mol. The van der Waals surface area contributed by atoms with Crippen molar-refractivity contribution in [1.29, 1.82) is 0 Å². The molecule has 0 aliphatic carbocycles. The van der Waals surface area contributed by atoms with Crippen molar-refractivity contribution in [1.82, 2.24) is 25.5 Å². The van der Waals surface area contributed by atoms with E-state index in [0.717, 1.165) is 24.2 Å². The predicted octanol–water partition coefficient (Wildman–Crippen LogP) is -0.128. The van der Waals surface area contributed by atoms with Gasteiger partial charge in [-0.1, -0.05) is 11.8 Å². The van der Waals surface area contributed by atoms with E-state index in [1.165, 1.54) is 6.33 Å². The quantitative estimate of drug-likeness (QED) is 0.523. The highest BCUT2D eigenvalue weighted by Crippen LogP contribution is 1.99. The minimum absolute atomic E-state index is 0.203. The number of rotatable bonds is 5. The molecule has 4 N–H and O–H groups in total. The van der Waals surface area contributed by atoms with Crippen molar-refractivity contribution in [2.75, 3.05) is 13.1 Å². The van der Waals surface area contributed by atoms with Gasteiger partial charge in [0.05, 0.1) is 6.54 Å². The Balaban J connectivity index is 1.77. The number of aromatic amines is 1. The van der Waals surface area contributed by atoms with Crippen molar-refractivity contribution in [2.45, 2.75) is 12.8 Å². The lowest BCUT2D eigenvalue weighted by Crippen LogP contribution is -2.25. The number of nitrogens with zero attached hydrogens (tertiary/aromatic N) is 3. The van der Waals surface area contributed by atoms with E-state index in [0.29, 0.717) is 18.8 Å². The first-order chi connectivity index (χ1) is 10.3. The van der Waals surface area contributed by atoms with Crippen molar-refractivity contribution in [2.24, 2.45) is 5.73 Å². The molecule has 0 aliphatic rings. The van der Waals surface area contributed by atoms with Crippen LogP contribution in [-0.2, 0) is 6.42 Å². The van der Waals surface area contributed by atoms with Crippen molar-refractivity contribution >= 4 is 5.91 Å². The smallest absolute Gasteiger partial charge is 0.269 e. The van der Waals surface area contributed by atoms with Crippen LogP contribution in [0.2, 0.25) is 0 Å². The molecule has 0 fully saturated rings. The van der Waals surface area contributed by atoms with E-state index in [4.69, 9.17) is 5.73 Å². The third-order valence-electron chi connectivity index (χ3n) is 2.67. The Morgan fingerprint density at radius 3 is 2.95 bits per heavy atom. The molecule has 0 saturated heterocycles. The van der Waals surface area contributed by atoms with Crippen LogP contribution in [-0.4, -0.2) is 39.2 Å². The summed E-state index contributed by atoms with van der Waals surface area (Å²) in [5.41, 5.74) is 6.40. The molecule has 108 valence electrons. The fraction of sp³-hybridized carbons (Fsp3) is 0.286. The first-order valence-electron chi connectivity index (χ1n) is 6.57. The molecular weight excluding hydrogens is 268 g/mol. The van der Waals surface area contributed by atoms with Crippen LogP contribution in [0.5, 0.6) is 0 Å². The monoisotopic (exact) mass is 284 g/mol. The Labute approximate surface area is 122 Å². The molecule has 1 amide bonds. The van der Waals surface area contributed by atoms with Gasteiger partial charge in [0.2, 0.25) is 0 Å². The maximum atomic E-state index is 11.9. The molecule has 7 nitrogen and oxygen atoms in total. The third kappa shape index (κ3) is 4.71. The second-order valence-corrected chi connectivity index (χ2v) is 4.23. The van der Waals surface area contributed by atoms with Gasteiger partial charge in [-0.15, -0.1) is 0 Å². The van der Waals surface area contributed by atoms with E-state index in [1.807, 2.05) is 0 Å². The fourth-order valence-electron chi connectivity index (χ4n) is 1.65. The number of H-pyrrole nitrogens is 1. The summed E-state index contributed by atoms with van der Waals surface area (Å²) in [4.78, 5) is 20.0. The van der Waals surface area contributed by atoms with Crippen LogP contribution in [0.15, 0.2) is 24.7 Å². The van der Waals surface area contributed by atoms with Crippen molar-refractivity contribution in [3.8, 4) is 11.8 Å². The van der Waals surface area contributed by atoms with E-state index in [1.54, 1.807) is 18.3 Å². The highest BCUT2D eigenvalue weighted by atomic mass is 16.1. The first-order valence-corrected chi connectivity index (χ1v) is 6.57. The topological polar surface area (TPSA) is 110 Å². The lowest BCUT2D eigenvalue weighted by atomic mass is 10.2. The summed E-state index contributed by atoms with van der Waals surface area (Å²) in [5.74, 6) is 6.19. The lowest BCUT2D eigenvalue weighted by Gasteiger charge is -2.03. The summed E-state index contributed by atoms with van der Waals surface area (Å²) in [6, 6.07) is 3.39. The van der Waals surface area contributed by atoms with E-state index in [2.05, 4.69) is 37.3 Å². The Bertz CT molecular complexity index is 624. The Hall–Kier alpha value is -2.72. The summed E-state index contributed by atoms with van der Waals surface area (Å²) in [6.45, 7) is 0.851. The number of hydrogen-bond donors (Lipinski definition) is 3. The van der Waals surface area contributed by atoms with E-state index >= 15 is 0 Å². The Morgan fingerprint density at radius 2 is 2.29 bits per heavy atom. The fourth-order valence-corrected chi connectivity index (χ4v) is 1.65. The number of carbonyl (C=O) groups is 1. The van der Waals surface area contributed by atoms with Gasteiger partial charge in [-0.05, 0) is 18.6 Å². The van der Waals surface area contributed by atoms with Gasteiger partial charge in [-0.3, -0.25) is 9.89 Å². The van der Waals surface area contributed by atoms with Gasteiger partial charge in [0.25, 0.3) is 5.91 Å². The number of aryl methyl sites for hydroxylation is 1. The molecule has 2 aromatic rings. The molecule has 2 rings (SSSR count). The second-order valence-electron chi connectivity index (χ2n) is 4.23. The molecule has 0 atom stereocenters. The second kappa shape index (κ2) is 7.77. The SMILES string of the molecule is NCC#Cc1ccc(C(=O)NCCCc2ncn[nH]2)nc1. The minimum atomic E-state index is -0.203. The minimum Gasteiger partial charge on any atom is -0.351 e. The van der Waals surface area contributed by atoms with Crippen molar-refractivity contribution in [3.05, 3.63) is 41.7 Å². The maximum absolute atomic E-state index is 11.9. The normalized spacial score (nSPS) is 9.76. The van der Waals surface area contributed by atoms with Crippen LogP contribution >= 0.6 is 0 Å². The zero-order valence-electron chi connectivity index (χ0n) is 11.5. The molecule has 0 aromatic carbocycles. The number of nitrogens with one attached hydrogen (secondary N) is 2. The van der Waals surface area contributed by atoms with Gasteiger partial charge in [0.15, 0.2) is 0 Å². The van der Waals surface area contributed by atoms with Crippen LogP contribution < -0.4 is 11.1 Å². The molecule has 0 saturated carbocycles. The number of amides is 1. The molecule has 0 bridgehead atoms. The molecule has 0 unspecified atom stereocenters. The number of carbonyl (C=O) groups excluding carboxylic acids is 1. The van der Waals surface area contributed by atoms with Gasteiger partial charge in [0.1, 0.15) is 17.8 Å². The average molecular weight is 284 g/mol. The van der Waals surface area contributed by atoms with Gasteiger partial charge in [-0.2, -0.15) is 5.10 Å². The molecule has 21 heavy (non-hydrogen) atoms. The van der Waals surface area contributed by atoms with Crippen molar-refractivity contribution in [3.63, 3.8) is 0 Å². The zero-order chi connectivity index (χ0) is 14.9. The van der Waals surface area contributed by atoms with Gasteiger partial charge in [0, 0.05) is 24.7 Å². The molecule has 2 heterocycles. The number of aromatic nitrogens is 4. The number of pyridine rings is 1. The molecular formula is C14H16N6O. The highest BCUT2D eigenvalue weighted by Gasteiger charge is 2.06. The Morgan fingerprint density at radius 1 is 1.38 bits per heavy atom. The van der Waals surface area contributed by atoms with E-state index in [9.17, 15) is 4.79 Å². The summed E-state index contributed by atoms with van der Waals surface area (Å²) in [6.07, 6.45) is 4.54. The van der Waals surface area contributed by atoms with Crippen LogP contribution in [0, 0.1) is 11.8 Å². The summed E-state index contributed by atoms with van der Waals surface area (Å²) in [7, 11) is 0. The summed E-state index contributed by atoms with van der Waals surface area (Å²) >= 11 is 0. The third-order valence-corrected chi connectivity index (χ3v) is 2.67. The molecule has 0 aliphatic heterocycles. The summed E-state index contributed by atoms with van der Waals surface area (Å²) in [5, 5.41) is 9.34. The molecule has 0 radical (unpaired) electrons. The highest BCUT2D eigenvalue weighted by molar-refractivity contribution is 5.92. The first kappa shape index (κ1) is 14.7. The average Bonchev–Trinajstić information content (AvgIpc) is 3.03. The summed E-state index contributed by atoms with van der Waals surface area (Å²) < 4.78 is 0. The number of nitrogens with two attached hydrogens (primary N) is 1. The molecule has 0 spiro atoms. The number of hydrogen-bond acceptors (Lipinski definition) is 5. The standard InChI is InChI=1S/C14H16N6O/c15-7-1-3-11-5-6-12(17-9-11)14(21)16-8-2-4-13-18-10-19-20-13/h5-6,9-10H,2,4,7-8,15H2,(H,16,21)(H,18,19,20). The van der Waals surface area contributed by atoms with E-state index in [-0.39, 0.29) is 5.91 Å². The lowest BCUT2D eigenvalue weighted by molar-refractivity contribution is 0.0948. The van der Waals surface area contributed by atoms with Crippen LogP contribution in [0.4, 0.5) is 0 Å². The maximum Gasteiger partial charge on any atom is 0.269 e. The van der Waals surface area contributed by atoms with Crippen LogP contribution in [0.25, 0.3) is 0 Å². The van der Waals surface area contributed by atoms with Crippen molar-refractivity contribution < 1.29 is 4.79 Å². The van der Waals surface area contributed by atoms with Gasteiger partial charge < -0.3 is 11.1 Å². The van der Waals surface area contributed by atoms with Crippen LogP contribution in [0.3, 0.4) is 0 Å². The molecule has 7 heteroatoms. The largest absolute Gasteiger partial charge is 0.351 e. The van der Waals surface area contributed by atoms with Crippen LogP contribution in [0.1, 0.15) is 28.3 Å². The van der Waals surface area contributed by atoms with E-state index < -0.39 is 0 Å². The zero-order valence-corrected chi connectivity index (χ0v) is 11.5.